The molecule has 3 nitrogen and oxygen atoms in total. The van der Waals surface area contributed by atoms with Crippen molar-refractivity contribution in [3.05, 3.63) is 46.0 Å². The zero-order chi connectivity index (χ0) is 12.0. The van der Waals surface area contributed by atoms with Gasteiger partial charge in [-0.15, -0.1) is 0 Å². The Balaban J connectivity index is 2.34. The van der Waals surface area contributed by atoms with Gasteiger partial charge >= 0.3 is 5.97 Å². The molecule has 0 aliphatic carbocycles. The molecule has 0 unspecified atom stereocenters. The first-order valence-corrected chi connectivity index (χ1v) is 5.61. The van der Waals surface area contributed by atoms with Crippen LogP contribution in [0.5, 0.6) is 0 Å². The molecular formula is C12H13BrO3. The predicted molar refractivity (Wildman–Crippen MR) is 65.2 cm³/mol. The van der Waals surface area contributed by atoms with E-state index in [0.717, 1.165) is 10.0 Å². The summed E-state index contributed by atoms with van der Waals surface area (Å²) in [4.78, 5) is 10.5. The third kappa shape index (κ3) is 4.59. The minimum absolute atomic E-state index is 0.302. The maximum atomic E-state index is 10.5. The first-order valence-electron chi connectivity index (χ1n) is 4.82. The number of aliphatic carboxylic acids is 1. The van der Waals surface area contributed by atoms with Crippen LogP contribution in [0.2, 0.25) is 0 Å². The monoisotopic (exact) mass is 284 g/mol. The van der Waals surface area contributed by atoms with Crippen molar-refractivity contribution in [2.24, 2.45) is 0 Å². The Morgan fingerprint density at radius 2 is 2.06 bits per heavy atom. The van der Waals surface area contributed by atoms with Crippen LogP contribution in [0, 0.1) is 0 Å². The summed E-state index contributed by atoms with van der Waals surface area (Å²) in [7, 11) is 0. The highest BCUT2D eigenvalue weighted by Gasteiger charge is 1.98. The number of halogens is 1. The van der Waals surface area contributed by atoms with Gasteiger partial charge in [-0.3, -0.25) is 0 Å². The molecule has 0 saturated carbocycles. The molecule has 1 aromatic carbocycles. The van der Waals surface area contributed by atoms with Crippen molar-refractivity contribution in [3.63, 3.8) is 0 Å². The summed E-state index contributed by atoms with van der Waals surface area (Å²) in [5, 5.41) is 8.60. The SMILES string of the molecule is C/C(=C/COCc1ccc(Br)cc1)C(=O)O. The van der Waals surface area contributed by atoms with Crippen molar-refractivity contribution in [3.8, 4) is 0 Å². The zero-order valence-corrected chi connectivity index (χ0v) is 10.5. The van der Waals surface area contributed by atoms with E-state index in [9.17, 15) is 4.79 Å². The van der Waals surface area contributed by atoms with Crippen molar-refractivity contribution in [2.75, 3.05) is 6.61 Å². The van der Waals surface area contributed by atoms with Gasteiger partial charge in [-0.1, -0.05) is 28.1 Å². The molecular weight excluding hydrogens is 272 g/mol. The summed E-state index contributed by atoms with van der Waals surface area (Å²) in [5.41, 5.74) is 1.36. The average molecular weight is 285 g/mol. The van der Waals surface area contributed by atoms with Gasteiger partial charge in [0.05, 0.1) is 13.2 Å². The highest BCUT2D eigenvalue weighted by molar-refractivity contribution is 9.10. The lowest BCUT2D eigenvalue weighted by Gasteiger charge is -2.02. The van der Waals surface area contributed by atoms with Gasteiger partial charge in [-0.2, -0.15) is 0 Å². The summed E-state index contributed by atoms with van der Waals surface area (Å²) < 4.78 is 6.35. The number of benzene rings is 1. The van der Waals surface area contributed by atoms with E-state index in [-0.39, 0.29) is 0 Å². The van der Waals surface area contributed by atoms with Gasteiger partial charge in [0.2, 0.25) is 0 Å². The Morgan fingerprint density at radius 3 is 2.62 bits per heavy atom. The molecule has 0 bridgehead atoms. The fraction of sp³-hybridized carbons (Fsp3) is 0.250. The Hall–Kier alpha value is -1.13. The van der Waals surface area contributed by atoms with Crippen LogP contribution >= 0.6 is 15.9 Å². The van der Waals surface area contributed by atoms with Gasteiger partial charge in [0.15, 0.2) is 0 Å². The normalized spacial score (nSPS) is 11.5. The number of carboxylic acids is 1. The van der Waals surface area contributed by atoms with Gasteiger partial charge < -0.3 is 9.84 Å². The van der Waals surface area contributed by atoms with Gasteiger partial charge in [-0.25, -0.2) is 4.79 Å². The average Bonchev–Trinajstić information content (AvgIpc) is 2.26. The van der Waals surface area contributed by atoms with Crippen LogP contribution in [0.4, 0.5) is 0 Å². The number of carboxylic acid groups (broad SMARTS) is 1. The minimum atomic E-state index is -0.910. The predicted octanol–water partition coefficient (Wildman–Crippen LogP) is 3.00. The summed E-state index contributed by atoms with van der Waals surface area (Å²) in [6, 6.07) is 7.80. The number of hydrogen-bond acceptors (Lipinski definition) is 2. The van der Waals surface area contributed by atoms with Crippen LogP contribution in [0.15, 0.2) is 40.4 Å². The van der Waals surface area contributed by atoms with Gasteiger partial charge in [0.1, 0.15) is 0 Å². The summed E-state index contributed by atoms with van der Waals surface area (Å²) in [6.07, 6.45) is 1.56. The molecule has 1 rings (SSSR count). The Kier molecular flexibility index (Phi) is 5.22. The molecule has 0 aliphatic rings. The lowest BCUT2D eigenvalue weighted by Crippen LogP contribution is -1.99. The molecule has 0 radical (unpaired) electrons. The first-order chi connectivity index (χ1) is 7.59. The molecule has 16 heavy (non-hydrogen) atoms. The number of rotatable bonds is 5. The lowest BCUT2D eigenvalue weighted by molar-refractivity contribution is -0.132. The van der Waals surface area contributed by atoms with E-state index in [1.54, 1.807) is 13.0 Å². The highest BCUT2D eigenvalue weighted by atomic mass is 79.9. The van der Waals surface area contributed by atoms with Crippen molar-refractivity contribution < 1.29 is 14.6 Å². The molecule has 0 atom stereocenters. The second-order valence-corrected chi connectivity index (χ2v) is 4.25. The number of carbonyl (C=O) groups is 1. The Bertz CT molecular complexity index is 382. The first kappa shape index (κ1) is 12.9. The fourth-order valence-electron chi connectivity index (χ4n) is 1.03. The van der Waals surface area contributed by atoms with Crippen LogP contribution in [0.25, 0.3) is 0 Å². The second-order valence-electron chi connectivity index (χ2n) is 3.33. The quantitative estimate of drug-likeness (QED) is 0.668. The van der Waals surface area contributed by atoms with E-state index in [1.165, 1.54) is 0 Å². The van der Waals surface area contributed by atoms with Gasteiger partial charge in [-0.05, 0) is 30.7 Å². The van der Waals surface area contributed by atoms with Crippen LogP contribution in [-0.2, 0) is 16.1 Å². The van der Waals surface area contributed by atoms with Gasteiger partial charge in [0.25, 0.3) is 0 Å². The third-order valence-electron chi connectivity index (χ3n) is 2.03. The molecule has 0 amide bonds. The van der Waals surface area contributed by atoms with E-state index in [4.69, 9.17) is 9.84 Å². The fourth-order valence-corrected chi connectivity index (χ4v) is 1.29. The molecule has 1 aromatic rings. The molecule has 0 saturated heterocycles. The van der Waals surface area contributed by atoms with Crippen molar-refractivity contribution in [1.82, 2.24) is 0 Å². The maximum absolute atomic E-state index is 10.5. The maximum Gasteiger partial charge on any atom is 0.331 e. The van der Waals surface area contributed by atoms with E-state index in [1.807, 2.05) is 24.3 Å². The second kappa shape index (κ2) is 6.45. The van der Waals surface area contributed by atoms with Crippen LogP contribution in [0.3, 0.4) is 0 Å². The molecule has 0 fully saturated rings. The lowest BCUT2D eigenvalue weighted by atomic mass is 10.2. The molecule has 1 N–H and O–H groups in total. The minimum Gasteiger partial charge on any atom is -0.478 e. The summed E-state index contributed by atoms with van der Waals surface area (Å²) in [6.45, 7) is 2.34. The largest absolute Gasteiger partial charge is 0.478 e. The van der Waals surface area contributed by atoms with Crippen molar-refractivity contribution >= 4 is 21.9 Å². The molecule has 0 aliphatic heterocycles. The number of hydrogen-bond donors (Lipinski definition) is 1. The molecule has 0 aromatic heterocycles. The standard InChI is InChI=1S/C12H13BrO3/c1-9(12(14)15)6-7-16-8-10-2-4-11(13)5-3-10/h2-6H,7-8H2,1H3,(H,14,15)/b9-6-. The Labute approximate surface area is 103 Å². The number of ether oxygens (including phenoxy) is 1. The molecule has 0 heterocycles. The van der Waals surface area contributed by atoms with Crippen molar-refractivity contribution in [1.29, 1.82) is 0 Å². The van der Waals surface area contributed by atoms with E-state index >= 15 is 0 Å². The van der Waals surface area contributed by atoms with Crippen LogP contribution < -0.4 is 0 Å². The molecule has 86 valence electrons. The smallest absolute Gasteiger partial charge is 0.331 e. The van der Waals surface area contributed by atoms with Crippen LogP contribution in [-0.4, -0.2) is 17.7 Å². The topological polar surface area (TPSA) is 46.5 Å². The van der Waals surface area contributed by atoms with E-state index in [0.29, 0.717) is 18.8 Å². The Morgan fingerprint density at radius 1 is 1.44 bits per heavy atom. The zero-order valence-electron chi connectivity index (χ0n) is 8.94. The van der Waals surface area contributed by atoms with E-state index < -0.39 is 5.97 Å². The van der Waals surface area contributed by atoms with Crippen LogP contribution in [0.1, 0.15) is 12.5 Å². The molecule has 4 heteroatoms. The van der Waals surface area contributed by atoms with Gasteiger partial charge in [0, 0.05) is 10.0 Å². The van der Waals surface area contributed by atoms with Crippen molar-refractivity contribution in [2.45, 2.75) is 13.5 Å². The highest BCUT2D eigenvalue weighted by Crippen LogP contribution is 2.11. The summed E-state index contributed by atoms with van der Waals surface area (Å²) >= 11 is 3.35. The van der Waals surface area contributed by atoms with E-state index in [2.05, 4.69) is 15.9 Å². The molecule has 0 spiro atoms. The third-order valence-corrected chi connectivity index (χ3v) is 2.56. The summed E-state index contributed by atoms with van der Waals surface area (Å²) in [5.74, 6) is -0.910.